The van der Waals surface area contributed by atoms with Gasteiger partial charge >= 0.3 is 0 Å². The first-order valence-corrected chi connectivity index (χ1v) is 12.3. The number of benzene rings is 1. The average molecular weight is 481 g/mol. The van der Waals surface area contributed by atoms with Crippen molar-refractivity contribution in [1.82, 2.24) is 30.1 Å². The second kappa shape index (κ2) is 9.68. The summed E-state index contributed by atoms with van der Waals surface area (Å²) in [5, 5.41) is 15.8. The first-order valence-electron chi connectivity index (χ1n) is 11.4. The molecule has 3 aromatic heterocycles. The van der Waals surface area contributed by atoms with Crippen molar-refractivity contribution in [3.63, 3.8) is 0 Å². The van der Waals surface area contributed by atoms with Crippen molar-refractivity contribution in [3.05, 3.63) is 68.4 Å². The number of nitrogens with one attached hydrogen (secondary N) is 1. The van der Waals surface area contributed by atoms with Gasteiger partial charge in [-0.05, 0) is 72.8 Å². The monoisotopic (exact) mass is 480 g/mol. The summed E-state index contributed by atoms with van der Waals surface area (Å²) in [7, 11) is 1.64. The highest BCUT2D eigenvalue weighted by Gasteiger charge is 2.33. The molecule has 0 saturated heterocycles. The average Bonchev–Trinajstić information content (AvgIpc) is 3.46. The largest absolute Gasteiger partial charge is 0.497 e. The summed E-state index contributed by atoms with van der Waals surface area (Å²) in [5.41, 5.74) is 1.12. The zero-order valence-corrected chi connectivity index (χ0v) is 21.4. The fourth-order valence-electron chi connectivity index (χ4n) is 4.29. The van der Waals surface area contributed by atoms with Crippen LogP contribution in [-0.2, 0) is 18.6 Å². The summed E-state index contributed by atoms with van der Waals surface area (Å²) in [4.78, 5) is 19.6. The second-order valence-corrected chi connectivity index (χ2v) is 10.9. The minimum Gasteiger partial charge on any atom is -0.497 e. The quantitative estimate of drug-likeness (QED) is 0.392. The molecule has 0 saturated carbocycles. The topological polar surface area (TPSA) is 88.9 Å². The molecule has 34 heavy (non-hydrogen) atoms. The Morgan fingerprint density at radius 2 is 1.97 bits per heavy atom. The zero-order chi connectivity index (χ0) is 24.5. The number of fused-ring (bicyclic) bond motifs is 1. The number of methoxy groups -OCH3 is 1. The summed E-state index contributed by atoms with van der Waals surface area (Å²) in [5.74, 6) is 1.77. The summed E-state index contributed by atoms with van der Waals surface area (Å²) >= 11 is 1.71. The number of rotatable bonds is 8. The van der Waals surface area contributed by atoms with Gasteiger partial charge < -0.3 is 9.72 Å². The number of thiophene rings is 1. The Kier molecular flexibility index (Phi) is 6.86. The van der Waals surface area contributed by atoms with Crippen LogP contribution in [0.4, 0.5) is 0 Å². The molecule has 4 aromatic rings. The normalized spacial score (nSPS) is 13.2. The number of hydrogen-bond donors (Lipinski definition) is 1. The van der Waals surface area contributed by atoms with Gasteiger partial charge in [-0.2, -0.15) is 0 Å². The summed E-state index contributed by atoms with van der Waals surface area (Å²) in [6, 6.07) is 11.7. The molecule has 1 aromatic carbocycles. The van der Waals surface area contributed by atoms with Gasteiger partial charge in [-0.25, -0.2) is 4.68 Å². The van der Waals surface area contributed by atoms with Crippen LogP contribution in [0, 0.1) is 5.92 Å². The molecule has 1 N–H and O–H groups in total. The Labute approximate surface area is 203 Å². The highest BCUT2D eigenvalue weighted by Crippen LogP contribution is 2.33. The van der Waals surface area contributed by atoms with Crippen LogP contribution in [0.3, 0.4) is 0 Å². The van der Waals surface area contributed by atoms with Crippen molar-refractivity contribution in [2.45, 2.75) is 59.3 Å². The molecular weight excluding hydrogens is 448 g/mol. The van der Waals surface area contributed by atoms with Gasteiger partial charge in [-0.1, -0.05) is 19.9 Å². The number of pyridine rings is 1. The highest BCUT2D eigenvalue weighted by atomic mass is 32.1. The molecule has 0 radical (unpaired) electrons. The number of ether oxygens (including phenoxy) is 1. The Bertz CT molecular complexity index is 1300. The molecule has 0 aliphatic rings. The van der Waals surface area contributed by atoms with E-state index in [2.05, 4.69) is 77.5 Å². The van der Waals surface area contributed by atoms with Crippen molar-refractivity contribution in [1.29, 1.82) is 0 Å². The van der Waals surface area contributed by atoms with E-state index in [4.69, 9.17) is 4.74 Å². The molecule has 0 fully saturated rings. The SMILES string of the molecule is COc1ccc2[nH]c(=O)c(CN(Cc3cccs3)[C@H](c3nnnn3C(C)(C)C)C(C)C)cc2c1. The fraction of sp³-hybridized carbons (Fsp3) is 0.440. The predicted octanol–water partition coefficient (Wildman–Crippen LogP) is 4.74. The van der Waals surface area contributed by atoms with E-state index in [-0.39, 0.29) is 23.1 Å². The molecule has 0 aliphatic heterocycles. The van der Waals surface area contributed by atoms with Gasteiger partial charge in [0, 0.05) is 34.4 Å². The molecule has 0 bridgehead atoms. The summed E-state index contributed by atoms with van der Waals surface area (Å²) in [6.07, 6.45) is 0. The third-order valence-electron chi connectivity index (χ3n) is 5.86. The van der Waals surface area contributed by atoms with Gasteiger partial charge in [-0.15, -0.1) is 16.4 Å². The number of H-pyrrole nitrogens is 1. The molecule has 0 unspecified atom stereocenters. The second-order valence-electron chi connectivity index (χ2n) is 9.87. The van der Waals surface area contributed by atoms with Crippen LogP contribution in [0.25, 0.3) is 10.9 Å². The third kappa shape index (κ3) is 5.05. The van der Waals surface area contributed by atoms with E-state index in [1.165, 1.54) is 4.88 Å². The Balaban J connectivity index is 1.79. The van der Waals surface area contributed by atoms with Gasteiger partial charge in [0.15, 0.2) is 5.82 Å². The number of aromatic nitrogens is 5. The number of tetrazole rings is 1. The maximum Gasteiger partial charge on any atom is 0.252 e. The lowest BCUT2D eigenvalue weighted by molar-refractivity contribution is 0.121. The van der Waals surface area contributed by atoms with Crippen molar-refractivity contribution in [2.24, 2.45) is 5.92 Å². The lowest BCUT2D eigenvalue weighted by Gasteiger charge is -2.34. The minimum absolute atomic E-state index is 0.0864. The first kappa shape index (κ1) is 24.1. The van der Waals surface area contributed by atoms with Crippen LogP contribution in [-0.4, -0.2) is 37.2 Å². The highest BCUT2D eigenvalue weighted by molar-refractivity contribution is 7.09. The minimum atomic E-state index is -0.266. The van der Waals surface area contributed by atoms with Crippen LogP contribution in [0.2, 0.25) is 0 Å². The van der Waals surface area contributed by atoms with Gasteiger partial charge in [0.05, 0.1) is 18.7 Å². The van der Waals surface area contributed by atoms with E-state index in [1.807, 2.05) is 28.9 Å². The van der Waals surface area contributed by atoms with E-state index in [0.717, 1.165) is 22.5 Å². The number of nitrogens with zero attached hydrogens (tertiary/aromatic N) is 5. The van der Waals surface area contributed by atoms with Crippen LogP contribution in [0.5, 0.6) is 5.75 Å². The Morgan fingerprint density at radius 1 is 1.18 bits per heavy atom. The lowest BCUT2D eigenvalue weighted by Crippen LogP contribution is -2.37. The number of hydrogen-bond acceptors (Lipinski definition) is 7. The molecule has 0 amide bonds. The van der Waals surface area contributed by atoms with E-state index >= 15 is 0 Å². The van der Waals surface area contributed by atoms with Gasteiger partial charge in [0.1, 0.15) is 5.75 Å². The summed E-state index contributed by atoms with van der Waals surface area (Å²) in [6.45, 7) is 11.8. The van der Waals surface area contributed by atoms with Crippen molar-refractivity contribution < 1.29 is 4.74 Å². The van der Waals surface area contributed by atoms with Crippen molar-refractivity contribution in [2.75, 3.05) is 7.11 Å². The Morgan fingerprint density at radius 3 is 2.62 bits per heavy atom. The van der Waals surface area contributed by atoms with Crippen molar-refractivity contribution in [3.8, 4) is 5.75 Å². The molecule has 180 valence electrons. The molecular formula is C25H32N6O2S. The van der Waals surface area contributed by atoms with Gasteiger partial charge in [0.25, 0.3) is 5.56 Å². The first-order chi connectivity index (χ1) is 16.2. The molecule has 1 atom stereocenters. The van der Waals surface area contributed by atoms with Gasteiger partial charge in [0.2, 0.25) is 0 Å². The van der Waals surface area contributed by atoms with Crippen LogP contribution in [0.1, 0.15) is 56.9 Å². The molecule has 9 heteroatoms. The fourth-order valence-corrected chi connectivity index (χ4v) is 5.02. The van der Waals surface area contributed by atoms with E-state index in [9.17, 15) is 4.79 Å². The standard InChI is InChI=1S/C25H32N6O2S/c1-16(2)22(23-27-28-29-31(23)25(3,4)5)30(15-20-8-7-11-34-20)14-18-12-17-13-19(33-6)9-10-21(17)26-24(18)32/h7-13,16,22H,14-15H2,1-6H3,(H,26,32)/t22-/m0/s1. The van der Waals surface area contributed by atoms with E-state index in [1.54, 1.807) is 18.4 Å². The maximum absolute atomic E-state index is 13.1. The Hall–Kier alpha value is -3.04. The zero-order valence-electron chi connectivity index (χ0n) is 20.6. The molecule has 4 rings (SSSR count). The summed E-state index contributed by atoms with van der Waals surface area (Å²) < 4.78 is 7.28. The smallest absolute Gasteiger partial charge is 0.252 e. The number of aromatic amines is 1. The van der Waals surface area contributed by atoms with Gasteiger partial charge in [-0.3, -0.25) is 9.69 Å². The molecule has 3 heterocycles. The third-order valence-corrected chi connectivity index (χ3v) is 6.72. The van der Waals surface area contributed by atoms with E-state index < -0.39 is 0 Å². The van der Waals surface area contributed by atoms with Crippen LogP contribution >= 0.6 is 11.3 Å². The maximum atomic E-state index is 13.1. The lowest BCUT2D eigenvalue weighted by atomic mass is 9.99. The molecule has 0 spiro atoms. The van der Waals surface area contributed by atoms with E-state index in [0.29, 0.717) is 18.7 Å². The molecule has 0 aliphatic carbocycles. The van der Waals surface area contributed by atoms with Crippen LogP contribution < -0.4 is 10.3 Å². The van der Waals surface area contributed by atoms with Crippen molar-refractivity contribution >= 4 is 22.2 Å². The molecule has 8 nitrogen and oxygen atoms in total. The van der Waals surface area contributed by atoms with Crippen LogP contribution in [0.15, 0.2) is 46.6 Å². The predicted molar refractivity (Wildman–Crippen MR) is 135 cm³/mol.